The number of amides is 2. The van der Waals surface area contributed by atoms with Crippen molar-refractivity contribution in [2.24, 2.45) is 5.92 Å². The van der Waals surface area contributed by atoms with Crippen LogP contribution in [-0.4, -0.2) is 24.5 Å². The smallest absolute Gasteiger partial charge is 0.321 e. The average Bonchev–Trinajstić information content (AvgIpc) is 2.21. The standard InChI is InChI=1S/C12H24N2O/c1-6-7-8-14(5)12(15)13-9-11(4)10(2)3/h9-10H,6-8H2,1-5H3,(H,13,15)/b11-9+. The molecule has 0 aliphatic carbocycles. The van der Waals surface area contributed by atoms with Crippen molar-refractivity contribution in [3.05, 3.63) is 11.8 Å². The monoisotopic (exact) mass is 212 g/mol. The van der Waals surface area contributed by atoms with Crippen molar-refractivity contribution in [2.75, 3.05) is 13.6 Å². The van der Waals surface area contributed by atoms with Gasteiger partial charge in [0, 0.05) is 19.8 Å². The van der Waals surface area contributed by atoms with Crippen LogP contribution in [0.25, 0.3) is 0 Å². The summed E-state index contributed by atoms with van der Waals surface area (Å²) in [5.41, 5.74) is 1.19. The Kier molecular flexibility index (Phi) is 6.84. The second-order valence-electron chi connectivity index (χ2n) is 4.27. The Morgan fingerprint density at radius 1 is 1.47 bits per heavy atom. The van der Waals surface area contributed by atoms with Gasteiger partial charge in [-0.25, -0.2) is 4.79 Å². The van der Waals surface area contributed by atoms with Gasteiger partial charge in [0.25, 0.3) is 0 Å². The minimum atomic E-state index is -0.0246. The van der Waals surface area contributed by atoms with E-state index in [9.17, 15) is 4.79 Å². The van der Waals surface area contributed by atoms with Crippen molar-refractivity contribution in [3.8, 4) is 0 Å². The van der Waals surface area contributed by atoms with Gasteiger partial charge in [-0.1, -0.05) is 32.8 Å². The molecule has 3 heteroatoms. The molecule has 0 aromatic carbocycles. The number of hydrogen-bond donors (Lipinski definition) is 1. The molecule has 0 aromatic rings. The Balaban J connectivity index is 3.97. The highest BCUT2D eigenvalue weighted by molar-refractivity contribution is 5.74. The summed E-state index contributed by atoms with van der Waals surface area (Å²) >= 11 is 0. The number of allylic oxidation sites excluding steroid dienone is 1. The zero-order valence-electron chi connectivity index (χ0n) is 10.6. The minimum Gasteiger partial charge on any atom is -0.328 e. The fourth-order valence-electron chi connectivity index (χ4n) is 0.949. The molecule has 0 unspecified atom stereocenters. The molecule has 0 rings (SSSR count). The van der Waals surface area contributed by atoms with Crippen LogP contribution in [0.1, 0.15) is 40.5 Å². The fraction of sp³-hybridized carbons (Fsp3) is 0.750. The third-order valence-corrected chi connectivity index (χ3v) is 2.53. The average molecular weight is 212 g/mol. The van der Waals surface area contributed by atoms with Gasteiger partial charge < -0.3 is 10.2 Å². The van der Waals surface area contributed by atoms with Gasteiger partial charge in [0.2, 0.25) is 0 Å². The van der Waals surface area contributed by atoms with E-state index in [4.69, 9.17) is 0 Å². The highest BCUT2D eigenvalue weighted by Crippen LogP contribution is 2.05. The largest absolute Gasteiger partial charge is 0.328 e. The maximum absolute atomic E-state index is 11.5. The number of nitrogens with zero attached hydrogens (tertiary/aromatic N) is 1. The zero-order chi connectivity index (χ0) is 11.8. The predicted molar refractivity (Wildman–Crippen MR) is 64.7 cm³/mol. The molecule has 2 amide bonds. The lowest BCUT2D eigenvalue weighted by molar-refractivity contribution is 0.212. The second kappa shape index (κ2) is 7.32. The quantitative estimate of drug-likeness (QED) is 0.746. The molecule has 0 atom stereocenters. The van der Waals surface area contributed by atoms with Crippen molar-refractivity contribution in [3.63, 3.8) is 0 Å². The number of unbranched alkanes of at least 4 members (excludes halogenated alkanes) is 1. The third kappa shape index (κ3) is 6.15. The summed E-state index contributed by atoms with van der Waals surface area (Å²) in [6, 6.07) is -0.0246. The summed E-state index contributed by atoms with van der Waals surface area (Å²) < 4.78 is 0. The summed E-state index contributed by atoms with van der Waals surface area (Å²) in [6.45, 7) is 9.18. The topological polar surface area (TPSA) is 32.3 Å². The van der Waals surface area contributed by atoms with Gasteiger partial charge in [0.05, 0.1) is 0 Å². The predicted octanol–water partition coefficient (Wildman–Crippen LogP) is 2.99. The van der Waals surface area contributed by atoms with E-state index >= 15 is 0 Å². The van der Waals surface area contributed by atoms with Crippen molar-refractivity contribution in [2.45, 2.75) is 40.5 Å². The molecule has 88 valence electrons. The first-order valence-electron chi connectivity index (χ1n) is 5.67. The first-order valence-corrected chi connectivity index (χ1v) is 5.67. The lowest BCUT2D eigenvalue weighted by Gasteiger charge is -2.16. The van der Waals surface area contributed by atoms with E-state index in [0.29, 0.717) is 5.92 Å². The Morgan fingerprint density at radius 3 is 2.53 bits per heavy atom. The van der Waals surface area contributed by atoms with Crippen LogP contribution in [0, 0.1) is 5.92 Å². The summed E-state index contributed by atoms with van der Waals surface area (Å²) in [5, 5.41) is 2.80. The Morgan fingerprint density at radius 2 is 2.07 bits per heavy atom. The van der Waals surface area contributed by atoms with Crippen molar-refractivity contribution in [1.82, 2.24) is 10.2 Å². The van der Waals surface area contributed by atoms with Crippen molar-refractivity contribution >= 4 is 6.03 Å². The van der Waals surface area contributed by atoms with Crippen LogP contribution >= 0.6 is 0 Å². The number of carbonyl (C=O) groups is 1. The van der Waals surface area contributed by atoms with Gasteiger partial charge in [-0.05, 0) is 19.3 Å². The molecule has 3 nitrogen and oxygen atoms in total. The van der Waals surface area contributed by atoms with E-state index in [1.165, 1.54) is 5.57 Å². The minimum absolute atomic E-state index is 0.0246. The molecule has 15 heavy (non-hydrogen) atoms. The van der Waals surface area contributed by atoms with Crippen LogP contribution in [0.2, 0.25) is 0 Å². The fourth-order valence-corrected chi connectivity index (χ4v) is 0.949. The number of urea groups is 1. The van der Waals surface area contributed by atoms with Crippen LogP contribution in [0.15, 0.2) is 11.8 Å². The van der Waals surface area contributed by atoms with Crippen molar-refractivity contribution < 1.29 is 4.79 Å². The van der Waals surface area contributed by atoms with E-state index in [2.05, 4.69) is 26.1 Å². The molecule has 0 spiro atoms. The SMILES string of the molecule is CCCCN(C)C(=O)N/C=C(\C)C(C)C. The molecule has 0 bridgehead atoms. The maximum Gasteiger partial charge on any atom is 0.321 e. The van der Waals surface area contributed by atoms with Crippen LogP contribution in [-0.2, 0) is 0 Å². The molecule has 0 radical (unpaired) electrons. The maximum atomic E-state index is 11.5. The Bertz CT molecular complexity index is 222. The number of nitrogens with one attached hydrogen (secondary N) is 1. The van der Waals surface area contributed by atoms with E-state index < -0.39 is 0 Å². The van der Waals surface area contributed by atoms with E-state index in [1.807, 2.05) is 14.0 Å². The molecule has 0 aliphatic rings. The Hall–Kier alpha value is -0.990. The van der Waals surface area contributed by atoms with Gasteiger partial charge in [-0.3, -0.25) is 0 Å². The molecular weight excluding hydrogens is 188 g/mol. The molecule has 1 N–H and O–H groups in total. The number of carbonyl (C=O) groups excluding carboxylic acids is 1. The number of hydrogen-bond acceptors (Lipinski definition) is 1. The van der Waals surface area contributed by atoms with Gasteiger partial charge in [0.15, 0.2) is 0 Å². The first-order chi connectivity index (χ1) is 6.99. The number of rotatable bonds is 5. The highest BCUT2D eigenvalue weighted by atomic mass is 16.2. The van der Waals surface area contributed by atoms with Gasteiger partial charge in [0.1, 0.15) is 0 Å². The summed E-state index contributed by atoms with van der Waals surface area (Å²) in [4.78, 5) is 13.3. The molecule has 0 aliphatic heterocycles. The zero-order valence-corrected chi connectivity index (χ0v) is 10.6. The van der Waals surface area contributed by atoms with E-state index in [1.54, 1.807) is 11.1 Å². The molecule has 0 saturated heterocycles. The van der Waals surface area contributed by atoms with E-state index in [-0.39, 0.29) is 6.03 Å². The van der Waals surface area contributed by atoms with E-state index in [0.717, 1.165) is 19.4 Å². The first kappa shape index (κ1) is 14.0. The summed E-state index contributed by atoms with van der Waals surface area (Å²) in [6.07, 6.45) is 3.96. The van der Waals surface area contributed by atoms with Crippen LogP contribution < -0.4 is 5.32 Å². The van der Waals surface area contributed by atoms with Crippen LogP contribution in [0.3, 0.4) is 0 Å². The second-order valence-corrected chi connectivity index (χ2v) is 4.27. The molecule has 0 aromatic heterocycles. The van der Waals surface area contributed by atoms with Gasteiger partial charge in [-0.15, -0.1) is 0 Å². The lowest BCUT2D eigenvalue weighted by Crippen LogP contribution is -2.35. The Labute approximate surface area is 93.5 Å². The normalized spacial score (nSPS) is 11.7. The molecule has 0 heterocycles. The molecule has 0 fully saturated rings. The van der Waals surface area contributed by atoms with Crippen LogP contribution in [0.5, 0.6) is 0 Å². The lowest BCUT2D eigenvalue weighted by atomic mass is 10.1. The van der Waals surface area contributed by atoms with Crippen LogP contribution in [0.4, 0.5) is 4.79 Å². The third-order valence-electron chi connectivity index (χ3n) is 2.53. The highest BCUT2D eigenvalue weighted by Gasteiger charge is 2.05. The van der Waals surface area contributed by atoms with Crippen molar-refractivity contribution in [1.29, 1.82) is 0 Å². The molecular formula is C12H24N2O. The summed E-state index contributed by atoms with van der Waals surface area (Å²) in [7, 11) is 1.82. The van der Waals surface area contributed by atoms with Gasteiger partial charge in [-0.2, -0.15) is 0 Å². The molecule has 0 saturated carbocycles. The van der Waals surface area contributed by atoms with Gasteiger partial charge >= 0.3 is 6.03 Å². The summed E-state index contributed by atoms with van der Waals surface area (Å²) in [5.74, 6) is 0.478.